The highest BCUT2D eigenvalue weighted by Crippen LogP contribution is 2.33. The first-order valence-electron chi connectivity index (χ1n) is 3.81. The van der Waals surface area contributed by atoms with Crippen molar-refractivity contribution in [1.82, 2.24) is 0 Å². The van der Waals surface area contributed by atoms with Crippen LogP contribution >= 0.6 is 16.5 Å². The third-order valence-electron chi connectivity index (χ3n) is 1.33. The Morgan fingerprint density at radius 2 is 1.89 bits per heavy atom. The Kier molecular flexibility index (Phi) is 9.71. The van der Waals surface area contributed by atoms with Crippen LogP contribution < -0.4 is 0 Å². The minimum absolute atomic E-state index is 1.20. The molecule has 2 heteroatoms. The third kappa shape index (κ3) is 8.86. The van der Waals surface area contributed by atoms with Gasteiger partial charge in [-0.15, -0.1) is 8.27 Å². The Labute approximate surface area is 62.7 Å². The molecule has 0 spiro atoms. The lowest BCUT2D eigenvalue weighted by molar-refractivity contribution is 0.706. The summed E-state index contributed by atoms with van der Waals surface area (Å²) in [6.07, 6.45) is 7.25. The topological polar surface area (TPSA) is 0 Å². The van der Waals surface area contributed by atoms with E-state index in [4.69, 9.17) is 0 Å². The summed E-state index contributed by atoms with van der Waals surface area (Å²) in [4.78, 5) is 0. The van der Waals surface area contributed by atoms with Gasteiger partial charge >= 0.3 is 0 Å². The number of hydrogen-bond donors (Lipinski definition) is 0. The first kappa shape index (κ1) is 9.86. The maximum atomic E-state index is 2.30. The summed E-state index contributed by atoms with van der Waals surface area (Å²) in [5.41, 5.74) is 0. The van der Waals surface area contributed by atoms with Gasteiger partial charge in [0.05, 0.1) is 0 Å². The van der Waals surface area contributed by atoms with Gasteiger partial charge in [0.25, 0.3) is 0 Å². The normalized spacial score (nSPS) is 12.7. The zero-order chi connectivity index (χ0) is 6.95. The molecule has 0 N–H and O–H groups in total. The van der Waals surface area contributed by atoms with Gasteiger partial charge in [-0.2, -0.15) is 0 Å². The van der Waals surface area contributed by atoms with E-state index in [0.717, 1.165) is 0 Å². The fraction of sp³-hybridized carbons (Fsp3) is 1.00. The van der Waals surface area contributed by atoms with Crippen molar-refractivity contribution in [2.24, 2.45) is 0 Å². The highest BCUT2D eigenvalue weighted by Gasteiger charge is 1.85. The van der Waals surface area contributed by atoms with Crippen LogP contribution in [0.3, 0.4) is 0 Å². The molecule has 0 aliphatic carbocycles. The van der Waals surface area contributed by atoms with Gasteiger partial charge in [-0.1, -0.05) is 34.5 Å². The van der Waals surface area contributed by atoms with Gasteiger partial charge in [0.2, 0.25) is 0 Å². The highest BCUT2D eigenvalue weighted by molar-refractivity contribution is 8.11. The molecule has 0 nitrogen and oxygen atoms in total. The average Bonchev–Trinajstić information content (AvgIpc) is 1.89. The van der Waals surface area contributed by atoms with Crippen molar-refractivity contribution >= 4 is 16.5 Å². The van der Waals surface area contributed by atoms with E-state index in [2.05, 4.69) is 13.6 Å². The molecule has 0 aromatic rings. The van der Waals surface area contributed by atoms with Crippen molar-refractivity contribution in [2.45, 2.75) is 32.6 Å². The van der Waals surface area contributed by atoms with Gasteiger partial charge in [-0.3, -0.25) is 0 Å². The maximum absolute atomic E-state index is 2.30. The number of unbranched alkanes of at least 4 members (excludes halogenated alkanes) is 3. The molecule has 0 aromatic heterocycles. The molecule has 0 bridgehead atoms. The Morgan fingerprint density at radius 1 is 1.11 bits per heavy atom. The minimum Gasteiger partial charge on any atom is -0.102 e. The van der Waals surface area contributed by atoms with Gasteiger partial charge in [0.15, 0.2) is 0 Å². The maximum Gasteiger partial charge on any atom is -0.0317 e. The van der Waals surface area contributed by atoms with E-state index in [1.807, 2.05) is 0 Å². The molecule has 0 aliphatic heterocycles. The quantitative estimate of drug-likeness (QED) is 0.416. The van der Waals surface area contributed by atoms with E-state index >= 15 is 0 Å². The van der Waals surface area contributed by atoms with Crippen LogP contribution in [0.15, 0.2) is 0 Å². The van der Waals surface area contributed by atoms with Gasteiger partial charge in [-0.05, 0) is 19.2 Å². The molecule has 56 valence electrons. The second-order valence-corrected chi connectivity index (χ2v) is 6.15. The predicted molar refractivity (Wildman–Crippen MR) is 51.6 cm³/mol. The van der Waals surface area contributed by atoms with E-state index < -0.39 is 0 Å². The fourth-order valence-corrected chi connectivity index (χ4v) is 2.72. The molecule has 0 saturated heterocycles. The van der Waals surface area contributed by atoms with Crippen LogP contribution in [0.2, 0.25) is 0 Å². The van der Waals surface area contributed by atoms with Crippen LogP contribution in [0.4, 0.5) is 0 Å². The molecule has 0 radical (unpaired) electrons. The van der Waals surface area contributed by atoms with E-state index in [9.17, 15) is 0 Å². The molecule has 0 aliphatic rings. The van der Waals surface area contributed by atoms with Crippen molar-refractivity contribution in [3.05, 3.63) is 0 Å². The molecule has 2 unspecified atom stereocenters. The first-order valence-corrected chi connectivity index (χ1v) is 7.52. The molecule has 0 aromatic carbocycles. The lowest BCUT2D eigenvalue weighted by Gasteiger charge is -1.96. The Morgan fingerprint density at radius 3 is 2.44 bits per heavy atom. The predicted octanol–water partition coefficient (Wildman–Crippen LogP) is 3.47. The SMILES string of the molecule is CCCCCCPPC. The van der Waals surface area contributed by atoms with Crippen LogP contribution in [0.5, 0.6) is 0 Å². The summed E-state index contributed by atoms with van der Waals surface area (Å²) in [7, 11) is 2.45. The lowest BCUT2D eigenvalue weighted by Crippen LogP contribution is -1.75. The van der Waals surface area contributed by atoms with Crippen molar-refractivity contribution < 1.29 is 0 Å². The molecule has 0 heterocycles. The monoisotopic (exact) mass is 164 g/mol. The summed E-state index contributed by atoms with van der Waals surface area (Å²) in [5.74, 6) is 0. The summed E-state index contributed by atoms with van der Waals surface area (Å²) in [5, 5.41) is 0. The standard InChI is InChI=1S/C7H18P2/c1-3-4-5-6-7-9-8-2/h8-9H,3-7H2,1-2H3. The Bertz CT molecular complexity index is 40.2. The Hall–Kier alpha value is 0.860. The van der Waals surface area contributed by atoms with Crippen molar-refractivity contribution in [2.75, 3.05) is 12.8 Å². The molecule has 9 heavy (non-hydrogen) atoms. The van der Waals surface area contributed by atoms with Crippen LogP contribution in [0.1, 0.15) is 32.6 Å². The van der Waals surface area contributed by atoms with Crippen molar-refractivity contribution in [3.8, 4) is 0 Å². The zero-order valence-electron chi connectivity index (χ0n) is 6.54. The van der Waals surface area contributed by atoms with Crippen LogP contribution in [0.25, 0.3) is 0 Å². The molecule has 0 amide bonds. The van der Waals surface area contributed by atoms with E-state index in [1.54, 1.807) is 0 Å². The molecular formula is C7H18P2. The smallest absolute Gasteiger partial charge is 0.0317 e. The number of rotatable bonds is 6. The highest BCUT2D eigenvalue weighted by atomic mass is 32.0. The van der Waals surface area contributed by atoms with Crippen LogP contribution in [-0.2, 0) is 0 Å². The van der Waals surface area contributed by atoms with Crippen LogP contribution in [0, 0.1) is 0 Å². The molecule has 2 atom stereocenters. The minimum atomic E-state index is 1.20. The average molecular weight is 164 g/mol. The van der Waals surface area contributed by atoms with Crippen molar-refractivity contribution in [3.63, 3.8) is 0 Å². The van der Waals surface area contributed by atoms with Gasteiger partial charge < -0.3 is 0 Å². The molecule has 0 saturated carbocycles. The van der Waals surface area contributed by atoms with Crippen molar-refractivity contribution in [1.29, 1.82) is 0 Å². The second kappa shape index (κ2) is 8.86. The van der Waals surface area contributed by atoms with Gasteiger partial charge in [0, 0.05) is 0 Å². The van der Waals surface area contributed by atoms with E-state index in [-0.39, 0.29) is 0 Å². The summed E-state index contributed by atoms with van der Waals surface area (Å²) in [6, 6.07) is 0. The number of hydrogen-bond acceptors (Lipinski definition) is 0. The summed E-state index contributed by atoms with van der Waals surface area (Å²) >= 11 is 0. The summed E-state index contributed by atoms with van der Waals surface area (Å²) < 4.78 is 0. The fourth-order valence-electron chi connectivity index (χ4n) is 0.765. The largest absolute Gasteiger partial charge is 0.102 e. The van der Waals surface area contributed by atoms with Crippen LogP contribution in [-0.4, -0.2) is 12.8 Å². The zero-order valence-corrected chi connectivity index (χ0v) is 8.54. The van der Waals surface area contributed by atoms with E-state index in [1.165, 1.54) is 48.4 Å². The Balaban J connectivity index is 2.60. The first-order chi connectivity index (χ1) is 4.41. The summed E-state index contributed by atoms with van der Waals surface area (Å²) in [6.45, 7) is 4.57. The second-order valence-electron chi connectivity index (χ2n) is 2.24. The third-order valence-corrected chi connectivity index (χ3v) is 4.10. The molecular weight excluding hydrogens is 146 g/mol. The van der Waals surface area contributed by atoms with Gasteiger partial charge in [-0.25, -0.2) is 0 Å². The molecule has 0 rings (SSSR count). The van der Waals surface area contributed by atoms with E-state index in [0.29, 0.717) is 0 Å². The molecule has 0 fully saturated rings. The lowest BCUT2D eigenvalue weighted by atomic mass is 10.2. The van der Waals surface area contributed by atoms with Gasteiger partial charge in [0.1, 0.15) is 0 Å².